The first kappa shape index (κ1) is 22.6. The number of non-ortho nitro benzene ring substituents is 1. The molecule has 0 bridgehead atoms. The zero-order valence-corrected chi connectivity index (χ0v) is 19.0. The monoisotopic (exact) mass is 469 g/mol. The van der Waals surface area contributed by atoms with E-state index in [1.54, 1.807) is 34.8 Å². The van der Waals surface area contributed by atoms with Crippen LogP contribution in [0.4, 0.5) is 5.69 Å². The summed E-state index contributed by atoms with van der Waals surface area (Å²) in [5.41, 5.74) is 2.49. The molecule has 33 heavy (non-hydrogen) atoms. The number of nitro groups is 1. The summed E-state index contributed by atoms with van der Waals surface area (Å²) in [5, 5.41) is 15.3. The molecule has 1 fully saturated rings. The lowest BCUT2D eigenvalue weighted by Crippen LogP contribution is -2.50. The Kier molecular flexibility index (Phi) is 6.00. The van der Waals surface area contributed by atoms with E-state index in [0.717, 1.165) is 17.4 Å². The highest BCUT2D eigenvalue weighted by molar-refractivity contribution is 7.89. The smallest absolute Gasteiger partial charge is 0.270 e. The van der Waals surface area contributed by atoms with E-state index in [4.69, 9.17) is 0 Å². The first-order chi connectivity index (χ1) is 15.7. The summed E-state index contributed by atoms with van der Waals surface area (Å²) < 4.78 is 29.2. The molecule has 0 unspecified atom stereocenters. The molecular formula is C22H23N5O5S. The molecule has 3 aromatic rings. The third-order valence-electron chi connectivity index (χ3n) is 5.72. The summed E-state index contributed by atoms with van der Waals surface area (Å²) in [6.45, 7) is 4.22. The average Bonchev–Trinajstić information content (AvgIpc) is 3.24. The normalized spacial score (nSPS) is 14.9. The Morgan fingerprint density at radius 1 is 1.00 bits per heavy atom. The highest BCUT2D eigenvalue weighted by Crippen LogP contribution is 2.26. The molecular weight excluding hydrogens is 446 g/mol. The van der Waals surface area contributed by atoms with Gasteiger partial charge in [0.25, 0.3) is 11.6 Å². The molecule has 4 rings (SSSR count). The van der Waals surface area contributed by atoms with Gasteiger partial charge in [-0.3, -0.25) is 14.9 Å². The zero-order valence-electron chi connectivity index (χ0n) is 18.2. The molecule has 1 saturated heterocycles. The molecule has 172 valence electrons. The number of aromatic nitrogens is 2. The number of carbonyl (C=O) groups is 1. The Morgan fingerprint density at radius 3 is 2.24 bits per heavy atom. The highest BCUT2D eigenvalue weighted by Gasteiger charge is 2.32. The molecule has 1 aliphatic heterocycles. The van der Waals surface area contributed by atoms with Crippen molar-refractivity contribution in [2.75, 3.05) is 26.2 Å². The Hall–Kier alpha value is -3.57. The maximum absolute atomic E-state index is 13.1. The van der Waals surface area contributed by atoms with Gasteiger partial charge in [-0.15, -0.1) is 0 Å². The van der Waals surface area contributed by atoms with Crippen LogP contribution in [0.1, 0.15) is 21.6 Å². The van der Waals surface area contributed by atoms with E-state index in [9.17, 15) is 23.3 Å². The van der Waals surface area contributed by atoms with Gasteiger partial charge in [0.2, 0.25) is 10.0 Å². The van der Waals surface area contributed by atoms with Crippen LogP contribution in [0.5, 0.6) is 0 Å². The topological polar surface area (TPSA) is 119 Å². The van der Waals surface area contributed by atoms with E-state index in [2.05, 4.69) is 5.10 Å². The van der Waals surface area contributed by atoms with Crippen molar-refractivity contribution in [2.45, 2.75) is 18.7 Å². The molecule has 1 aromatic heterocycles. The summed E-state index contributed by atoms with van der Waals surface area (Å²) in [4.78, 5) is 24.9. The maximum Gasteiger partial charge on any atom is 0.270 e. The summed E-state index contributed by atoms with van der Waals surface area (Å²) in [5.74, 6) is -0.178. The number of carbonyl (C=O) groups excluding carboxylic acids is 1. The summed E-state index contributed by atoms with van der Waals surface area (Å²) >= 11 is 0. The van der Waals surface area contributed by atoms with E-state index in [0.29, 0.717) is 11.1 Å². The van der Waals surface area contributed by atoms with Crippen LogP contribution in [-0.2, 0) is 10.0 Å². The molecule has 0 spiro atoms. The molecule has 1 amide bonds. The second-order valence-electron chi connectivity index (χ2n) is 7.83. The Labute approximate surface area is 191 Å². The average molecular weight is 470 g/mol. The minimum absolute atomic E-state index is 0.0824. The van der Waals surface area contributed by atoms with Gasteiger partial charge < -0.3 is 4.90 Å². The van der Waals surface area contributed by atoms with Crippen molar-refractivity contribution in [2.24, 2.45) is 0 Å². The van der Waals surface area contributed by atoms with Gasteiger partial charge in [-0.05, 0) is 49.7 Å². The largest absolute Gasteiger partial charge is 0.336 e. The van der Waals surface area contributed by atoms with Crippen molar-refractivity contribution in [1.29, 1.82) is 0 Å². The molecule has 2 aromatic carbocycles. The lowest BCUT2D eigenvalue weighted by Gasteiger charge is -2.34. The van der Waals surface area contributed by atoms with E-state index in [-0.39, 0.29) is 42.7 Å². The number of hydrogen-bond donors (Lipinski definition) is 0. The fourth-order valence-electron chi connectivity index (χ4n) is 3.82. The molecule has 0 saturated carbocycles. The first-order valence-electron chi connectivity index (χ1n) is 10.3. The van der Waals surface area contributed by atoms with Crippen LogP contribution in [0.15, 0.2) is 59.6 Å². The fraction of sp³-hybridized carbons (Fsp3) is 0.273. The molecule has 1 aliphatic rings. The quantitative estimate of drug-likeness (QED) is 0.419. The van der Waals surface area contributed by atoms with Crippen LogP contribution < -0.4 is 0 Å². The first-order valence-corrected chi connectivity index (χ1v) is 11.8. The van der Waals surface area contributed by atoms with E-state index in [1.807, 2.05) is 25.1 Å². The van der Waals surface area contributed by atoms with Crippen LogP contribution in [0.2, 0.25) is 0 Å². The van der Waals surface area contributed by atoms with Crippen molar-refractivity contribution in [3.63, 3.8) is 0 Å². The fourth-order valence-corrected chi connectivity index (χ4v) is 5.49. The highest BCUT2D eigenvalue weighted by atomic mass is 32.2. The van der Waals surface area contributed by atoms with Gasteiger partial charge in [-0.2, -0.15) is 9.40 Å². The maximum atomic E-state index is 13.1. The van der Waals surface area contributed by atoms with E-state index in [1.165, 1.54) is 16.4 Å². The lowest BCUT2D eigenvalue weighted by molar-refractivity contribution is -0.385. The van der Waals surface area contributed by atoms with E-state index >= 15 is 0 Å². The number of sulfonamides is 1. The van der Waals surface area contributed by atoms with Gasteiger partial charge in [-0.1, -0.05) is 6.07 Å². The number of amides is 1. The standard InChI is InChI=1S/C22H23N5O5S/c1-16-3-6-20(27(29)30)15-21(16)33(31,32)25-13-11-24(12-14-25)22(28)18-4-7-19(8-5-18)26-17(2)9-10-23-26/h3-10,15H,11-14H2,1-2H3. The minimum Gasteiger partial charge on any atom is -0.336 e. The number of aryl methyl sites for hydroxylation is 2. The number of benzene rings is 2. The van der Waals surface area contributed by atoms with Gasteiger partial charge in [0.1, 0.15) is 0 Å². The molecule has 11 heteroatoms. The van der Waals surface area contributed by atoms with Crippen molar-refractivity contribution >= 4 is 21.6 Å². The van der Waals surface area contributed by atoms with Gasteiger partial charge >= 0.3 is 0 Å². The number of nitro benzene ring substituents is 1. The number of rotatable bonds is 5. The Morgan fingerprint density at radius 2 is 1.67 bits per heavy atom. The van der Waals surface area contributed by atoms with Crippen LogP contribution >= 0.6 is 0 Å². The second-order valence-corrected chi connectivity index (χ2v) is 9.74. The van der Waals surface area contributed by atoms with Gasteiger partial charge in [0.05, 0.1) is 15.5 Å². The molecule has 10 nitrogen and oxygen atoms in total. The molecule has 0 N–H and O–H groups in total. The SMILES string of the molecule is Cc1ccc([N+](=O)[O-])cc1S(=O)(=O)N1CCN(C(=O)c2ccc(-n3nccc3C)cc2)CC1. The van der Waals surface area contributed by atoms with Crippen LogP contribution in [0.25, 0.3) is 5.69 Å². The third-order valence-corrected chi connectivity index (χ3v) is 7.76. The second kappa shape index (κ2) is 8.75. The van der Waals surface area contributed by atoms with Gasteiger partial charge in [-0.25, -0.2) is 13.1 Å². The Balaban J connectivity index is 1.45. The van der Waals surface area contributed by atoms with Crippen LogP contribution in [-0.4, -0.2) is 64.4 Å². The van der Waals surface area contributed by atoms with Crippen molar-refractivity contribution in [1.82, 2.24) is 19.0 Å². The molecule has 2 heterocycles. The number of hydrogen-bond acceptors (Lipinski definition) is 6. The van der Waals surface area contributed by atoms with Crippen molar-refractivity contribution < 1.29 is 18.1 Å². The predicted octanol–water partition coefficient (Wildman–Crippen LogP) is 2.54. The zero-order chi connectivity index (χ0) is 23.8. The molecule has 0 aliphatic carbocycles. The van der Waals surface area contributed by atoms with E-state index < -0.39 is 14.9 Å². The van der Waals surface area contributed by atoms with Crippen molar-refractivity contribution in [3.05, 3.63) is 81.7 Å². The van der Waals surface area contributed by atoms with Gasteiger partial charge in [0, 0.05) is 55.8 Å². The summed E-state index contributed by atoms with van der Waals surface area (Å²) in [7, 11) is -3.92. The summed E-state index contributed by atoms with van der Waals surface area (Å²) in [6, 6.07) is 12.8. The number of nitrogens with zero attached hydrogens (tertiary/aromatic N) is 5. The molecule has 0 radical (unpaired) electrons. The minimum atomic E-state index is -3.92. The number of piperazine rings is 1. The summed E-state index contributed by atoms with van der Waals surface area (Å²) in [6.07, 6.45) is 1.71. The van der Waals surface area contributed by atoms with Gasteiger partial charge in [0.15, 0.2) is 0 Å². The third kappa shape index (κ3) is 4.37. The van der Waals surface area contributed by atoms with Crippen LogP contribution in [0.3, 0.4) is 0 Å². The Bertz CT molecular complexity index is 1310. The molecule has 0 atom stereocenters. The lowest BCUT2D eigenvalue weighted by atomic mass is 10.1. The predicted molar refractivity (Wildman–Crippen MR) is 121 cm³/mol. The van der Waals surface area contributed by atoms with Crippen molar-refractivity contribution in [3.8, 4) is 5.69 Å². The van der Waals surface area contributed by atoms with Crippen LogP contribution in [0, 0.1) is 24.0 Å².